The fraction of sp³-hybridized carbons (Fsp3) is 0.273. The Hall–Kier alpha value is -0.330. The molecule has 20 heavy (non-hydrogen) atoms. The van der Waals surface area contributed by atoms with E-state index < -0.39 is 35.9 Å². The highest BCUT2D eigenvalue weighted by Gasteiger charge is 2.67. The van der Waals surface area contributed by atoms with Crippen molar-refractivity contribution in [1.29, 1.82) is 0 Å². The van der Waals surface area contributed by atoms with E-state index in [1.807, 2.05) is 0 Å². The van der Waals surface area contributed by atoms with E-state index in [-0.39, 0.29) is 21.8 Å². The summed E-state index contributed by atoms with van der Waals surface area (Å²) in [5, 5.41) is 0. The van der Waals surface area contributed by atoms with Crippen molar-refractivity contribution in [3.05, 3.63) is 34.7 Å². The van der Waals surface area contributed by atoms with Crippen LogP contribution < -0.4 is 30.4 Å². The van der Waals surface area contributed by atoms with Crippen LogP contribution in [0.4, 0.5) is 13.2 Å². The minimum Gasteiger partial charge on any atom is -0.254 e. The molecule has 1 aromatic rings. The number of rotatable bonds is 3. The highest BCUT2D eigenvalue weighted by molar-refractivity contribution is 8.34. The van der Waals surface area contributed by atoms with Gasteiger partial charge in [-0.25, -0.2) is 0 Å². The molecule has 0 radical (unpaired) electrons. The third-order valence-electron chi connectivity index (χ3n) is 2.76. The molecular weight excluding hydrogens is 412 g/mol. The van der Waals surface area contributed by atoms with Crippen LogP contribution in [-0.2, 0) is 2.51 Å². The maximum Gasteiger partial charge on any atom is 0.466 e. The molecule has 0 bridgehead atoms. The van der Waals surface area contributed by atoms with Crippen molar-refractivity contribution in [2.24, 2.45) is 0 Å². The average molecular weight is 422 g/mol. The second-order valence-corrected chi connectivity index (χ2v) is 9.85. The van der Waals surface area contributed by atoms with Gasteiger partial charge in [-0.05, 0) is 24.1 Å². The summed E-state index contributed by atoms with van der Waals surface area (Å²) in [5.74, 6) is 0. The molecule has 1 aromatic carbocycles. The first-order valence-electron chi connectivity index (χ1n) is 5.43. The molecule has 0 aliphatic carbocycles. The van der Waals surface area contributed by atoms with Crippen LogP contribution in [-0.4, -0.2) is 5.51 Å². The van der Waals surface area contributed by atoms with E-state index >= 15 is 0 Å². The summed E-state index contributed by atoms with van der Waals surface area (Å²) in [5.41, 5.74) is -4.73. The molecule has 1 aliphatic rings. The second-order valence-electron chi connectivity index (χ2n) is 3.94. The predicted molar refractivity (Wildman–Crippen MR) is 57.7 cm³/mol. The Morgan fingerprint density at radius 1 is 1.20 bits per heavy atom. The standard InChI is InChI=1S/C11H10F3IO4S/c1-2-9-7-8-5-3-4-6-10(8)20(9,11(12,13)14)19-15(16,17)18/h3-7H,2H2,1H3. The van der Waals surface area contributed by atoms with Crippen molar-refractivity contribution in [3.8, 4) is 0 Å². The van der Waals surface area contributed by atoms with Gasteiger partial charge in [0.15, 0.2) is 0 Å². The van der Waals surface area contributed by atoms with Crippen LogP contribution >= 0.6 is 10.3 Å². The summed E-state index contributed by atoms with van der Waals surface area (Å²) in [4.78, 5) is -0.485. The number of allylic oxidation sites excluding steroid dienone is 1. The molecule has 0 fully saturated rings. The highest BCUT2D eigenvalue weighted by atomic mass is 127. The zero-order valence-electron chi connectivity index (χ0n) is 10.1. The van der Waals surface area contributed by atoms with Gasteiger partial charge in [0.25, 0.3) is 0 Å². The lowest BCUT2D eigenvalue weighted by Crippen LogP contribution is -4.23. The third kappa shape index (κ3) is 2.57. The van der Waals surface area contributed by atoms with Crippen LogP contribution in [0.25, 0.3) is 6.08 Å². The number of hydrogen-bond acceptors (Lipinski definition) is 4. The van der Waals surface area contributed by atoms with Gasteiger partial charge in [-0.1, -0.05) is 25.1 Å². The smallest absolute Gasteiger partial charge is 0.254 e. The van der Waals surface area contributed by atoms with Crippen molar-refractivity contribution in [2.75, 3.05) is 0 Å². The van der Waals surface area contributed by atoms with Crippen LogP contribution in [0.15, 0.2) is 34.1 Å². The monoisotopic (exact) mass is 422 g/mol. The van der Waals surface area contributed by atoms with Crippen molar-refractivity contribution in [3.63, 3.8) is 0 Å². The second kappa shape index (κ2) is 5.14. The normalized spacial score (nSPS) is 25.9. The topological polar surface area (TPSA) is 78.4 Å². The summed E-state index contributed by atoms with van der Waals surface area (Å²) in [6, 6.07) is 5.48. The van der Waals surface area contributed by atoms with Crippen molar-refractivity contribution < 1.29 is 46.1 Å². The number of alkyl halides is 3. The van der Waals surface area contributed by atoms with E-state index in [0.29, 0.717) is 0 Å². The molecule has 1 aliphatic heterocycles. The molecule has 112 valence electrons. The SMILES string of the molecule is CCC1=Cc2ccccc2S1(O[I+3]([O-])([O-])[O-])C(F)(F)F. The first-order valence-corrected chi connectivity index (χ1v) is 10.5. The number of halogens is 4. The number of fused-ring (bicyclic) bond motifs is 1. The summed E-state index contributed by atoms with van der Waals surface area (Å²) in [6.07, 6.45) is 1.20. The van der Waals surface area contributed by atoms with Gasteiger partial charge < -0.3 is 0 Å². The minimum absolute atomic E-state index is 0.0549. The maximum atomic E-state index is 13.5. The summed E-state index contributed by atoms with van der Waals surface area (Å²) >= 11 is -6.55. The Morgan fingerprint density at radius 2 is 1.80 bits per heavy atom. The average Bonchev–Trinajstić information content (AvgIpc) is 2.62. The molecule has 0 amide bonds. The lowest BCUT2D eigenvalue weighted by molar-refractivity contribution is -1.91. The molecular formula is C11H10F3IO4S. The summed E-state index contributed by atoms with van der Waals surface area (Å²) in [7, 11) is -4.28. The van der Waals surface area contributed by atoms with Gasteiger partial charge in [-0.2, -0.15) is 13.2 Å². The molecule has 0 saturated carbocycles. The Kier molecular flexibility index (Phi) is 4.13. The zero-order valence-corrected chi connectivity index (χ0v) is 13.1. The van der Waals surface area contributed by atoms with Crippen LogP contribution in [0, 0.1) is 0 Å². The number of benzene rings is 1. The predicted octanol–water partition coefficient (Wildman–Crippen LogP) is -2.03. The lowest BCUT2D eigenvalue weighted by atomic mass is 10.2. The highest BCUT2D eigenvalue weighted by Crippen LogP contribution is 2.76. The van der Waals surface area contributed by atoms with Crippen LogP contribution in [0.2, 0.25) is 0 Å². The molecule has 1 heterocycles. The Balaban J connectivity index is 2.70. The molecule has 1 unspecified atom stereocenters. The Labute approximate surface area is 121 Å². The van der Waals surface area contributed by atoms with Crippen molar-refractivity contribution >= 4 is 16.4 Å². The van der Waals surface area contributed by atoms with E-state index in [9.17, 15) is 23.5 Å². The minimum atomic E-state index is -6.55. The van der Waals surface area contributed by atoms with Gasteiger partial charge >= 0.3 is 25.6 Å². The fourth-order valence-corrected chi connectivity index (χ4v) is 8.64. The first kappa shape index (κ1) is 16.0. The van der Waals surface area contributed by atoms with Crippen LogP contribution in [0.1, 0.15) is 18.9 Å². The Bertz CT molecular complexity index is 555. The molecule has 0 N–H and O–H groups in total. The third-order valence-corrected chi connectivity index (χ3v) is 8.83. The molecule has 0 saturated heterocycles. The molecule has 4 nitrogen and oxygen atoms in total. The Morgan fingerprint density at radius 3 is 2.30 bits per heavy atom. The molecule has 2 rings (SSSR count). The maximum absolute atomic E-state index is 13.5. The van der Waals surface area contributed by atoms with E-state index in [1.54, 1.807) is 0 Å². The summed E-state index contributed by atoms with van der Waals surface area (Å²) < 4.78 is 77.6. The molecule has 1 atom stereocenters. The molecule has 9 heteroatoms. The van der Waals surface area contributed by atoms with E-state index in [1.165, 1.54) is 31.2 Å². The van der Waals surface area contributed by atoms with Gasteiger partial charge in [0.05, 0.1) is 2.51 Å². The first-order chi connectivity index (χ1) is 9.12. The van der Waals surface area contributed by atoms with Crippen molar-refractivity contribution in [2.45, 2.75) is 23.7 Å². The van der Waals surface area contributed by atoms with Gasteiger partial charge in [0.1, 0.15) is 10.3 Å². The van der Waals surface area contributed by atoms with Crippen LogP contribution in [0.3, 0.4) is 0 Å². The summed E-state index contributed by atoms with van der Waals surface area (Å²) in [6.45, 7) is 1.46. The lowest BCUT2D eigenvalue weighted by Gasteiger charge is -2.33. The van der Waals surface area contributed by atoms with Crippen LogP contribution in [0.5, 0.6) is 0 Å². The largest absolute Gasteiger partial charge is 0.466 e. The van der Waals surface area contributed by atoms with Gasteiger partial charge in [-0.3, -0.25) is 10.3 Å². The van der Waals surface area contributed by atoms with E-state index in [4.69, 9.17) is 0 Å². The van der Waals surface area contributed by atoms with E-state index in [0.717, 1.165) is 6.07 Å². The van der Waals surface area contributed by atoms with E-state index in [2.05, 4.69) is 2.51 Å². The van der Waals surface area contributed by atoms with Gasteiger partial charge in [-0.15, -0.1) is 0 Å². The number of hydrogen-bond donors (Lipinski definition) is 0. The van der Waals surface area contributed by atoms with Crippen molar-refractivity contribution in [1.82, 2.24) is 0 Å². The van der Waals surface area contributed by atoms with Gasteiger partial charge in [0.2, 0.25) is 0 Å². The quantitative estimate of drug-likeness (QED) is 0.527. The van der Waals surface area contributed by atoms with Gasteiger partial charge in [0, 0.05) is 9.80 Å². The molecule has 0 spiro atoms. The molecule has 0 aromatic heterocycles. The zero-order chi connectivity index (χ0) is 15.2. The fourth-order valence-electron chi connectivity index (χ4n) is 2.06.